The summed E-state index contributed by atoms with van der Waals surface area (Å²) in [6.07, 6.45) is 0. The number of hydrogen-bond acceptors (Lipinski definition) is 1. The summed E-state index contributed by atoms with van der Waals surface area (Å²) in [7, 11) is 0. The van der Waals surface area contributed by atoms with Crippen LogP contribution in [0.1, 0.15) is 74.9 Å². The van der Waals surface area contributed by atoms with E-state index in [1.165, 1.54) is 117 Å². The standard InChI is InChI=1S/C69H54N2/c1-67(2)56-28-16-13-24-50(56)51-37-36-47(38-58(51)67)70(46-34-32-44(33-35-46)43-20-9-7-10-21-43)64-40-48(71-62-30-17-14-25-52(62)53-26-15-18-31-63(53)71)39-61-66(64)55-42-59-54(41-60(55)69(61,5)6)65-49(45-22-11-8-12-23-45)27-19-29-57(65)68(59,3)4/h7-42H,1-6H3. The molecule has 2 heteroatoms. The van der Waals surface area contributed by atoms with E-state index in [0.717, 1.165) is 17.1 Å². The Balaban J connectivity index is 1.08. The van der Waals surface area contributed by atoms with Crippen molar-refractivity contribution in [3.8, 4) is 61.3 Å². The average molecular weight is 911 g/mol. The van der Waals surface area contributed by atoms with Crippen LogP contribution < -0.4 is 4.90 Å². The molecule has 0 aliphatic heterocycles. The highest BCUT2D eigenvalue weighted by Crippen LogP contribution is 2.61. The topological polar surface area (TPSA) is 8.17 Å². The number of aromatic nitrogens is 1. The van der Waals surface area contributed by atoms with Gasteiger partial charge in [-0.2, -0.15) is 0 Å². The molecule has 0 atom stereocenters. The van der Waals surface area contributed by atoms with Gasteiger partial charge in [0.05, 0.1) is 16.7 Å². The number of benzene rings is 10. The van der Waals surface area contributed by atoms with Crippen LogP contribution >= 0.6 is 0 Å². The van der Waals surface area contributed by atoms with E-state index < -0.39 is 0 Å². The van der Waals surface area contributed by atoms with Crippen molar-refractivity contribution < 1.29 is 0 Å². The lowest BCUT2D eigenvalue weighted by atomic mass is 9.79. The van der Waals surface area contributed by atoms with E-state index in [1.54, 1.807) is 0 Å². The van der Waals surface area contributed by atoms with Gasteiger partial charge in [0, 0.05) is 49.6 Å². The van der Waals surface area contributed by atoms with Gasteiger partial charge in [0.1, 0.15) is 0 Å². The summed E-state index contributed by atoms with van der Waals surface area (Å²) in [6, 6.07) is 82.2. The van der Waals surface area contributed by atoms with Crippen LogP contribution in [0.3, 0.4) is 0 Å². The predicted octanol–water partition coefficient (Wildman–Crippen LogP) is 18.5. The first kappa shape index (κ1) is 41.7. The number of anilines is 3. The molecule has 0 bridgehead atoms. The number of hydrogen-bond donors (Lipinski definition) is 0. The molecule has 0 N–H and O–H groups in total. The summed E-state index contributed by atoms with van der Waals surface area (Å²) < 4.78 is 2.51. The largest absolute Gasteiger partial charge is 0.310 e. The van der Waals surface area contributed by atoms with Crippen molar-refractivity contribution in [2.75, 3.05) is 4.90 Å². The third kappa shape index (κ3) is 5.88. The quantitative estimate of drug-likeness (QED) is 0.161. The molecule has 3 aliphatic carbocycles. The highest BCUT2D eigenvalue weighted by molar-refractivity contribution is 6.10. The van der Waals surface area contributed by atoms with E-state index in [4.69, 9.17) is 0 Å². The monoisotopic (exact) mass is 910 g/mol. The van der Waals surface area contributed by atoms with Gasteiger partial charge in [-0.25, -0.2) is 0 Å². The number of rotatable bonds is 6. The molecule has 0 radical (unpaired) electrons. The van der Waals surface area contributed by atoms with Crippen LogP contribution in [0.2, 0.25) is 0 Å². The van der Waals surface area contributed by atoms with Crippen molar-refractivity contribution in [1.29, 1.82) is 0 Å². The molecule has 2 nitrogen and oxygen atoms in total. The third-order valence-corrected chi connectivity index (χ3v) is 16.8. The third-order valence-electron chi connectivity index (χ3n) is 16.8. The fourth-order valence-electron chi connectivity index (χ4n) is 13.1. The highest BCUT2D eigenvalue weighted by Gasteiger charge is 2.45. The van der Waals surface area contributed by atoms with Crippen molar-refractivity contribution in [3.05, 3.63) is 252 Å². The first-order valence-electron chi connectivity index (χ1n) is 25.3. The Morgan fingerprint density at radius 2 is 0.803 bits per heavy atom. The molecule has 0 unspecified atom stereocenters. The molecule has 3 aliphatic rings. The Bertz CT molecular complexity index is 3940. The summed E-state index contributed by atoms with van der Waals surface area (Å²) in [4.78, 5) is 2.58. The zero-order valence-electron chi connectivity index (χ0n) is 41.2. The van der Waals surface area contributed by atoms with Crippen LogP contribution in [0.5, 0.6) is 0 Å². The fraction of sp³-hybridized carbons (Fsp3) is 0.130. The molecule has 0 amide bonds. The Labute approximate surface area is 417 Å². The lowest BCUT2D eigenvalue weighted by Crippen LogP contribution is -2.18. The Morgan fingerprint density at radius 3 is 1.49 bits per heavy atom. The van der Waals surface area contributed by atoms with Crippen molar-refractivity contribution in [3.63, 3.8) is 0 Å². The molecule has 340 valence electrons. The highest BCUT2D eigenvalue weighted by atomic mass is 15.1. The van der Waals surface area contributed by atoms with Crippen LogP contribution in [-0.2, 0) is 16.2 Å². The second-order valence-corrected chi connectivity index (χ2v) is 21.7. The van der Waals surface area contributed by atoms with E-state index in [1.807, 2.05) is 0 Å². The molecule has 14 rings (SSSR count). The minimum Gasteiger partial charge on any atom is -0.310 e. The summed E-state index contributed by atoms with van der Waals surface area (Å²) >= 11 is 0. The summed E-state index contributed by atoms with van der Waals surface area (Å²) in [5, 5.41) is 2.51. The molecule has 1 heterocycles. The van der Waals surface area contributed by atoms with Gasteiger partial charge in [-0.15, -0.1) is 0 Å². The van der Waals surface area contributed by atoms with Gasteiger partial charge in [-0.3, -0.25) is 0 Å². The molecule has 10 aromatic carbocycles. The lowest BCUT2D eigenvalue weighted by molar-refractivity contribution is 0.652. The first-order valence-corrected chi connectivity index (χ1v) is 25.3. The molecule has 1 aromatic heterocycles. The maximum Gasteiger partial charge on any atom is 0.0564 e. The summed E-state index contributed by atoms with van der Waals surface area (Å²) in [6.45, 7) is 14.6. The molecule has 0 fully saturated rings. The average Bonchev–Trinajstić information content (AvgIpc) is 4.02. The fourth-order valence-corrected chi connectivity index (χ4v) is 13.1. The van der Waals surface area contributed by atoms with Crippen molar-refractivity contribution >= 4 is 38.9 Å². The van der Waals surface area contributed by atoms with E-state index in [-0.39, 0.29) is 16.2 Å². The van der Waals surface area contributed by atoms with Crippen LogP contribution in [0.15, 0.2) is 218 Å². The zero-order valence-corrected chi connectivity index (χ0v) is 41.2. The Morgan fingerprint density at radius 1 is 0.310 bits per heavy atom. The van der Waals surface area contributed by atoms with Gasteiger partial charge in [0.25, 0.3) is 0 Å². The zero-order chi connectivity index (χ0) is 48.0. The van der Waals surface area contributed by atoms with Crippen molar-refractivity contribution in [1.82, 2.24) is 4.57 Å². The van der Waals surface area contributed by atoms with Crippen molar-refractivity contribution in [2.45, 2.75) is 57.8 Å². The second kappa shape index (κ2) is 14.9. The molecular formula is C69H54N2. The van der Waals surface area contributed by atoms with Gasteiger partial charge in [0.2, 0.25) is 0 Å². The lowest BCUT2D eigenvalue weighted by Gasteiger charge is -2.31. The van der Waals surface area contributed by atoms with Gasteiger partial charge >= 0.3 is 0 Å². The number of fused-ring (bicyclic) bond motifs is 12. The van der Waals surface area contributed by atoms with Crippen LogP contribution in [0.25, 0.3) is 83.1 Å². The van der Waals surface area contributed by atoms with E-state index in [2.05, 4.69) is 269 Å². The van der Waals surface area contributed by atoms with Gasteiger partial charge in [0.15, 0.2) is 0 Å². The number of nitrogens with zero attached hydrogens (tertiary/aromatic N) is 2. The smallest absolute Gasteiger partial charge is 0.0564 e. The summed E-state index contributed by atoms with van der Waals surface area (Å²) in [5.41, 5.74) is 27.4. The number of para-hydroxylation sites is 2. The first-order chi connectivity index (χ1) is 34.5. The summed E-state index contributed by atoms with van der Waals surface area (Å²) in [5.74, 6) is 0. The molecule has 71 heavy (non-hydrogen) atoms. The predicted molar refractivity (Wildman–Crippen MR) is 299 cm³/mol. The van der Waals surface area contributed by atoms with Crippen molar-refractivity contribution in [2.24, 2.45) is 0 Å². The van der Waals surface area contributed by atoms with Gasteiger partial charge in [-0.1, -0.05) is 199 Å². The Hall–Kier alpha value is -8.20. The van der Waals surface area contributed by atoms with Crippen LogP contribution in [0, 0.1) is 0 Å². The van der Waals surface area contributed by atoms with Gasteiger partial charge < -0.3 is 9.47 Å². The SMILES string of the molecule is CC1(C)c2ccccc2-c2ccc(N(c3ccc(-c4ccccc4)cc3)c3cc(-n4c5ccccc5c5ccccc54)cc4c3-c3cc5c(cc3C4(C)C)-c3c(-c4ccccc4)cccc3C5(C)C)cc21. The molecular weight excluding hydrogens is 857 g/mol. The maximum atomic E-state index is 2.59. The van der Waals surface area contributed by atoms with E-state index in [9.17, 15) is 0 Å². The van der Waals surface area contributed by atoms with E-state index >= 15 is 0 Å². The minimum atomic E-state index is -0.345. The molecule has 11 aromatic rings. The molecule has 0 saturated carbocycles. The minimum absolute atomic E-state index is 0.175. The van der Waals surface area contributed by atoms with Crippen LogP contribution in [0.4, 0.5) is 17.1 Å². The Kier molecular flexibility index (Phi) is 8.76. The second-order valence-electron chi connectivity index (χ2n) is 21.7. The normalized spacial score (nSPS) is 15.0. The molecule has 0 saturated heterocycles. The maximum absolute atomic E-state index is 2.59. The molecule has 0 spiro atoms. The van der Waals surface area contributed by atoms with Crippen LogP contribution in [-0.4, -0.2) is 4.57 Å². The van der Waals surface area contributed by atoms with E-state index in [0.29, 0.717) is 0 Å². The van der Waals surface area contributed by atoms with Gasteiger partial charge in [-0.05, 0) is 144 Å².